The molecule has 7 nitrogen and oxygen atoms in total. The Morgan fingerprint density at radius 1 is 0.839 bits per heavy atom. The third-order valence-corrected chi connectivity index (χ3v) is 6.95. The summed E-state index contributed by atoms with van der Waals surface area (Å²) in [6, 6.07) is 7.80. The van der Waals surface area contributed by atoms with Crippen LogP contribution in [0, 0.1) is 12.8 Å². The van der Waals surface area contributed by atoms with Gasteiger partial charge in [0.15, 0.2) is 0 Å². The average Bonchev–Trinajstić information content (AvgIpc) is 3.34. The number of hydrogen-bond acceptors (Lipinski definition) is 3. The Balaban J connectivity index is 1.26. The second-order valence-electron chi connectivity index (χ2n) is 9.15. The van der Waals surface area contributed by atoms with Gasteiger partial charge in [0.2, 0.25) is 5.91 Å². The molecule has 3 heterocycles. The van der Waals surface area contributed by atoms with Crippen molar-refractivity contribution < 1.29 is 14.4 Å². The number of carbonyl (C=O) groups excluding carboxylic acids is 3. The van der Waals surface area contributed by atoms with E-state index in [0.29, 0.717) is 25.2 Å². The molecule has 168 valence electrons. The molecule has 4 rings (SSSR count). The van der Waals surface area contributed by atoms with Crippen LogP contribution in [0.3, 0.4) is 0 Å². The maximum atomic E-state index is 13.1. The van der Waals surface area contributed by atoms with Crippen LogP contribution in [0.25, 0.3) is 0 Å². The van der Waals surface area contributed by atoms with E-state index >= 15 is 0 Å². The van der Waals surface area contributed by atoms with E-state index in [2.05, 4.69) is 5.32 Å². The van der Waals surface area contributed by atoms with E-state index in [9.17, 15) is 14.4 Å². The summed E-state index contributed by atoms with van der Waals surface area (Å²) < 4.78 is 0. The van der Waals surface area contributed by atoms with Crippen molar-refractivity contribution >= 4 is 17.8 Å². The Morgan fingerprint density at radius 2 is 1.52 bits per heavy atom. The van der Waals surface area contributed by atoms with Gasteiger partial charge in [-0.1, -0.05) is 18.2 Å². The highest BCUT2D eigenvalue weighted by Gasteiger charge is 2.34. The monoisotopic (exact) mass is 426 g/mol. The third-order valence-electron chi connectivity index (χ3n) is 6.95. The van der Waals surface area contributed by atoms with Gasteiger partial charge in [-0.15, -0.1) is 0 Å². The first-order chi connectivity index (χ1) is 15.0. The number of nitrogens with one attached hydrogen (secondary N) is 1. The third kappa shape index (κ3) is 5.02. The summed E-state index contributed by atoms with van der Waals surface area (Å²) in [5, 5.41) is 3.13. The molecule has 1 aromatic rings. The van der Waals surface area contributed by atoms with Crippen LogP contribution in [-0.2, 0) is 4.79 Å². The quantitative estimate of drug-likeness (QED) is 0.808. The summed E-state index contributed by atoms with van der Waals surface area (Å²) in [6.45, 7) is 6.25. The van der Waals surface area contributed by atoms with Crippen molar-refractivity contribution in [3.05, 3.63) is 35.4 Å². The lowest BCUT2D eigenvalue weighted by Gasteiger charge is -2.38. The predicted molar refractivity (Wildman–Crippen MR) is 119 cm³/mol. The number of urea groups is 1. The van der Waals surface area contributed by atoms with Crippen molar-refractivity contribution in [2.75, 3.05) is 39.3 Å². The molecule has 3 aliphatic rings. The van der Waals surface area contributed by atoms with Crippen molar-refractivity contribution in [3.63, 3.8) is 0 Å². The topological polar surface area (TPSA) is 73.0 Å². The molecule has 3 fully saturated rings. The maximum absolute atomic E-state index is 13.1. The second kappa shape index (κ2) is 9.71. The Kier molecular flexibility index (Phi) is 6.78. The smallest absolute Gasteiger partial charge is 0.320 e. The number of amides is 4. The van der Waals surface area contributed by atoms with E-state index in [4.69, 9.17) is 0 Å². The molecule has 0 spiro atoms. The molecule has 3 aliphatic heterocycles. The van der Waals surface area contributed by atoms with E-state index in [1.807, 2.05) is 45.9 Å². The second-order valence-corrected chi connectivity index (χ2v) is 9.15. The van der Waals surface area contributed by atoms with Crippen LogP contribution in [0.2, 0.25) is 0 Å². The summed E-state index contributed by atoms with van der Waals surface area (Å²) in [7, 11) is 0. The highest BCUT2D eigenvalue weighted by atomic mass is 16.2. The molecule has 0 unspecified atom stereocenters. The van der Waals surface area contributed by atoms with E-state index in [1.165, 1.54) is 0 Å². The molecular formula is C24H34N4O3. The highest BCUT2D eigenvalue weighted by molar-refractivity contribution is 5.95. The van der Waals surface area contributed by atoms with Crippen molar-refractivity contribution in [3.8, 4) is 0 Å². The van der Waals surface area contributed by atoms with Crippen LogP contribution < -0.4 is 5.32 Å². The fourth-order valence-electron chi connectivity index (χ4n) is 5.05. The number of benzene rings is 1. The molecule has 1 atom stereocenters. The standard InChI is InChI=1S/C24H34N4O3/c1-18-7-2-3-9-21(18)22(29)25-20-10-15-26(16-11-20)23(30)19-8-6-14-28(17-19)24(31)27-12-4-5-13-27/h2-3,7,9,19-20H,4-6,8,10-17H2,1H3,(H,25,29)/t19-/m0/s1. The van der Waals surface area contributed by atoms with Gasteiger partial charge < -0.3 is 20.0 Å². The van der Waals surface area contributed by atoms with Gasteiger partial charge in [-0.3, -0.25) is 9.59 Å². The van der Waals surface area contributed by atoms with Gasteiger partial charge in [0, 0.05) is 50.9 Å². The fraction of sp³-hybridized carbons (Fsp3) is 0.625. The van der Waals surface area contributed by atoms with Gasteiger partial charge in [0.1, 0.15) is 0 Å². The zero-order valence-electron chi connectivity index (χ0n) is 18.5. The number of carbonyl (C=O) groups is 3. The molecule has 3 saturated heterocycles. The minimum absolute atomic E-state index is 0.0359. The van der Waals surface area contributed by atoms with Crippen molar-refractivity contribution in [2.45, 2.75) is 51.5 Å². The molecule has 0 radical (unpaired) electrons. The number of nitrogens with zero attached hydrogens (tertiary/aromatic N) is 3. The maximum Gasteiger partial charge on any atom is 0.320 e. The Labute approximate surface area is 184 Å². The molecule has 0 saturated carbocycles. The number of rotatable bonds is 3. The van der Waals surface area contributed by atoms with Crippen LogP contribution in [0.15, 0.2) is 24.3 Å². The first-order valence-corrected chi connectivity index (χ1v) is 11.7. The highest BCUT2D eigenvalue weighted by Crippen LogP contribution is 2.23. The van der Waals surface area contributed by atoms with Gasteiger partial charge in [0.25, 0.3) is 5.91 Å². The number of hydrogen-bond donors (Lipinski definition) is 1. The van der Waals surface area contributed by atoms with Crippen LogP contribution in [-0.4, -0.2) is 77.9 Å². The van der Waals surface area contributed by atoms with Gasteiger partial charge in [-0.2, -0.15) is 0 Å². The van der Waals surface area contributed by atoms with Crippen LogP contribution in [0.5, 0.6) is 0 Å². The van der Waals surface area contributed by atoms with Gasteiger partial charge in [-0.05, 0) is 57.1 Å². The molecule has 1 aromatic carbocycles. The molecule has 0 aromatic heterocycles. The summed E-state index contributed by atoms with van der Waals surface area (Å²) in [4.78, 5) is 44.2. The van der Waals surface area contributed by atoms with Crippen molar-refractivity contribution in [2.24, 2.45) is 5.92 Å². The lowest BCUT2D eigenvalue weighted by molar-refractivity contribution is -0.138. The van der Waals surface area contributed by atoms with Gasteiger partial charge in [0.05, 0.1) is 5.92 Å². The van der Waals surface area contributed by atoms with E-state index in [0.717, 1.165) is 63.7 Å². The minimum Gasteiger partial charge on any atom is -0.349 e. The summed E-state index contributed by atoms with van der Waals surface area (Å²) >= 11 is 0. The fourth-order valence-corrected chi connectivity index (χ4v) is 5.05. The summed E-state index contributed by atoms with van der Waals surface area (Å²) in [5.74, 6) is 0.0345. The Morgan fingerprint density at radius 3 is 2.23 bits per heavy atom. The van der Waals surface area contributed by atoms with Crippen LogP contribution in [0.1, 0.15) is 54.4 Å². The lowest BCUT2D eigenvalue weighted by atomic mass is 9.95. The molecule has 7 heteroatoms. The minimum atomic E-state index is -0.0987. The molecule has 4 amide bonds. The first-order valence-electron chi connectivity index (χ1n) is 11.7. The molecule has 1 N–H and O–H groups in total. The number of likely N-dealkylation sites (tertiary alicyclic amines) is 3. The van der Waals surface area contributed by atoms with Crippen LogP contribution >= 0.6 is 0 Å². The van der Waals surface area contributed by atoms with Crippen molar-refractivity contribution in [1.29, 1.82) is 0 Å². The van der Waals surface area contributed by atoms with E-state index in [-0.39, 0.29) is 29.8 Å². The number of aryl methyl sites for hydroxylation is 1. The summed E-state index contributed by atoms with van der Waals surface area (Å²) in [6.07, 6.45) is 5.44. The average molecular weight is 427 g/mol. The Hall–Kier alpha value is -2.57. The SMILES string of the molecule is Cc1ccccc1C(=O)NC1CCN(C(=O)[C@H]2CCCN(C(=O)N3CCCC3)C2)CC1. The molecule has 0 bridgehead atoms. The zero-order chi connectivity index (χ0) is 21.8. The van der Waals surface area contributed by atoms with E-state index < -0.39 is 0 Å². The summed E-state index contributed by atoms with van der Waals surface area (Å²) in [5.41, 5.74) is 1.68. The normalized spacial score (nSPS) is 22.5. The lowest BCUT2D eigenvalue weighted by Crippen LogP contribution is -2.52. The first kappa shape index (κ1) is 21.7. The predicted octanol–water partition coefficient (Wildman–Crippen LogP) is 2.64. The molecule has 31 heavy (non-hydrogen) atoms. The van der Waals surface area contributed by atoms with Crippen molar-refractivity contribution in [1.82, 2.24) is 20.0 Å². The Bertz CT molecular complexity index is 813. The van der Waals surface area contributed by atoms with E-state index in [1.54, 1.807) is 0 Å². The largest absolute Gasteiger partial charge is 0.349 e. The molecular weight excluding hydrogens is 392 g/mol. The van der Waals surface area contributed by atoms with Gasteiger partial charge >= 0.3 is 6.03 Å². The van der Waals surface area contributed by atoms with Crippen LogP contribution in [0.4, 0.5) is 4.79 Å². The zero-order valence-corrected chi connectivity index (χ0v) is 18.5. The molecule has 0 aliphatic carbocycles. The number of piperidine rings is 2. The van der Waals surface area contributed by atoms with Gasteiger partial charge in [-0.25, -0.2) is 4.79 Å².